The normalized spacial score (nSPS) is 20.0. The van der Waals surface area contributed by atoms with Crippen LogP contribution in [0.15, 0.2) is 42.5 Å². The molecule has 25 heavy (non-hydrogen) atoms. The highest BCUT2D eigenvalue weighted by Gasteiger charge is 2.40. The van der Waals surface area contributed by atoms with E-state index in [2.05, 4.69) is 49.4 Å². The SMILES string of the molecule is CCC(CC1CC1c1cc(OC)c(OC)c(OC)c1)c1ccccc1. The molecule has 1 aliphatic carbocycles. The van der Waals surface area contributed by atoms with Crippen LogP contribution in [0, 0.1) is 5.92 Å². The monoisotopic (exact) mass is 340 g/mol. The summed E-state index contributed by atoms with van der Waals surface area (Å²) in [5.74, 6) is 4.12. The van der Waals surface area contributed by atoms with Crippen LogP contribution in [0.4, 0.5) is 0 Å². The van der Waals surface area contributed by atoms with Crippen LogP contribution in [-0.2, 0) is 0 Å². The van der Waals surface area contributed by atoms with Gasteiger partial charge in [-0.15, -0.1) is 0 Å². The third-order valence-electron chi connectivity index (χ3n) is 5.39. The zero-order chi connectivity index (χ0) is 17.8. The van der Waals surface area contributed by atoms with Crippen LogP contribution in [-0.4, -0.2) is 21.3 Å². The zero-order valence-corrected chi connectivity index (χ0v) is 15.6. The van der Waals surface area contributed by atoms with E-state index in [0.717, 1.165) is 17.4 Å². The molecule has 1 fully saturated rings. The third kappa shape index (κ3) is 3.76. The molecule has 2 aromatic rings. The fourth-order valence-electron chi connectivity index (χ4n) is 3.86. The molecule has 0 spiro atoms. The molecule has 3 rings (SSSR count). The second kappa shape index (κ2) is 7.81. The fourth-order valence-corrected chi connectivity index (χ4v) is 3.86. The Bertz CT molecular complexity index is 671. The fraction of sp³-hybridized carbons (Fsp3) is 0.455. The molecule has 0 saturated heterocycles. The first-order valence-corrected chi connectivity index (χ1v) is 9.06. The molecule has 2 aromatic carbocycles. The van der Waals surface area contributed by atoms with Gasteiger partial charge in [0.2, 0.25) is 5.75 Å². The zero-order valence-electron chi connectivity index (χ0n) is 15.6. The highest BCUT2D eigenvalue weighted by molar-refractivity contribution is 5.55. The number of methoxy groups -OCH3 is 3. The molecule has 0 amide bonds. The van der Waals surface area contributed by atoms with Gasteiger partial charge in [0.25, 0.3) is 0 Å². The lowest BCUT2D eigenvalue weighted by atomic mass is 9.90. The van der Waals surface area contributed by atoms with E-state index < -0.39 is 0 Å². The first kappa shape index (κ1) is 17.7. The molecule has 0 heterocycles. The van der Waals surface area contributed by atoms with Crippen LogP contribution in [0.5, 0.6) is 17.2 Å². The standard InChI is InChI=1S/C22H28O3/c1-5-15(16-9-7-6-8-10-16)11-17-12-19(17)18-13-20(23-2)22(25-4)21(14-18)24-3/h6-10,13-15,17,19H,5,11-12H2,1-4H3. The second-order valence-corrected chi connectivity index (χ2v) is 6.81. The summed E-state index contributed by atoms with van der Waals surface area (Å²) in [5.41, 5.74) is 2.75. The Kier molecular flexibility index (Phi) is 5.52. The topological polar surface area (TPSA) is 27.7 Å². The molecule has 1 aliphatic rings. The van der Waals surface area contributed by atoms with Gasteiger partial charge in [-0.25, -0.2) is 0 Å². The summed E-state index contributed by atoms with van der Waals surface area (Å²) in [4.78, 5) is 0. The van der Waals surface area contributed by atoms with Crippen LogP contribution in [0.1, 0.15) is 49.1 Å². The Morgan fingerprint density at radius 1 is 0.960 bits per heavy atom. The lowest BCUT2D eigenvalue weighted by Gasteiger charge is -2.16. The molecular weight excluding hydrogens is 312 g/mol. The molecule has 3 atom stereocenters. The molecule has 3 nitrogen and oxygen atoms in total. The van der Waals surface area contributed by atoms with Crippen molar-refractivity contribution in [1.82, 2.24) is 0 Å². The van der Waals surface area contributed by atoms with Crippen molar-refractivity contribution in [3.05, 3.63) is 53.6 Å². The van der Waals surface area contributed by atoms with Crippen LogP contribution in [0.2, 0.25) is 0 Å². The number of benzene rings is 2. The third-order valence-corrected chi connectivity index (χ3v) is 5.39. The molecule has 3 unspecified atom stereocenters. The second-order valence-electron chi connectivity index (χ2n) is 6.81. The predicted molar refractivity (Wildman–Crippen MR) is 101 cm³/mol. The summed E-state index contributed by atoms with van der Waals surface area (Å²) in [5, 5.41) is 0. The summed E-state index contributed by atoms with van der Waals surface area (Å²) in [6, 6.07) is 15.1. The number of rotatable bonds is 8. The van der Waals surface area contributed by atoms with E-state index in [1.165, 1.54) is 30.4 Å². The van der Waals surface area contributed by atoms with E-state index in [9.17, 15) is 0 Å². The molecule has 3 heteroatoms. The average Bonchev–Trinajstić information content (AvgIpc) is 3.44. The maximum Gasteiger partial charge on any atom is 0.203 e. The smallest absolute Gasteiger partial charge is 0.203 e. The minimum atomic E-state index is 0.589. The highest BCUT2D eigenvalue weighted by atomic mass is 16.5. The van der Waals surface area contributed by atoms with E-state index in [1.54, 1.807) is 21.3 Å². The Hall–Kier alpha value is -2.16. The summed E-state index contributed by atoms with van der Waals surface area (Å²) in [7, 11) is 4.99. The molecule has 0 N–H and O–H groups in total. The van der Waals surface area contributed by atoms with Crippen LogP contribution in [0.25, 0.3) is 0 Å². The van der Waals surface area contributed by atoms with Crippen molar-refractivity contribution in [3.8, 4) is 17.2 Å². The molecule has 0 radical (unpaired) electrons. The molecule has 0 aliphatic heterocycles. The van der Waals surface area contributed by atoms with Gasteiger partial charge < -0.3 is 14.2 Å². The van der Waals surface area contributed by atoms with Gasteiger partial charge in [-0.05, 0) is 60.3 Å². The van der Waals surface area contributed by atoms with Gasteiger partial charge >= 0.3 is 0 Å². The quantitative estimate of drug-likeness (QED) is 0.644. The van der Waals surface area contributed by atoms with E-state index >= 15 is 0 Å². The van der Waals surface area contributed by atoms with Crippen molar-refractivity contribution in [2.24, 2.45) is 5.92 Å². The maximum atomic E-state index is 5.50. The number of hydrogen-bond acceptors (Lipinski definition) is 3. The molecule has 1 saturated carbocycles. The van der Waals surface area contributed by atoms with Crippen molar-refractivity contribution >= 4 is 0 Å². The average molecular weight is 340 g/mol. The first-order chi connectivity index (χ1) is 12.2. The summed E-state index contributed by atoms with van der Waals surface area (Å²) >= 11 is 0. The van der Waals surface area contributed by atoms with Crippen molar-refractivity contribution in [1.29, 1.82) is 0 Å². The van der Waals surface area contributed by atoms with E-state index in [0.29, 0.717) is 17.6 Å². The Morgan fingerprint density at radius 2 is 1.60 bits per heavy atom. The molecule has 134 valence electrons. The van der Waals surface area contributed by atoms with Crippen molar-refractivity contribution in [2.75, 3.05) is 21.3 Å². The Labute approximate surface area is 150 Å². The minimum Gasteiger partial charge on any atom is -0.493 e. The first-order valence-electron chi connectivity index (χ1n) is 9.06. The van der Waals surface area contributed by atoms with E-state index in [-0.39, 0.29) is 0 Å². The van der Waals surface area contributed by atoms with Crippen molar-refractivity contribution in [2.45, 2.75) is 38.0 Å². The van der Waals surface area contributed by atoms with Crippen molar-refractivity contribution < 1.29 is 14.2 Å². The molecule has 0 aromatic heterocycles. The van der Waals surface area contributed by atoms with Gasteiger partial charge in [0.15, 0.2) is 11.5 Å². The van der Waals surface area contributed by atoms with E-state index in [4.69, 9.17) is 14.2 Å². The van der Waals surface area contributed by atoms with Crippen molar-refractivity contribution in [3.63, 3.8) is 0 Å². The van der Waals surface area contributed by atoms with Gasteiger partial charge in [-0.1, -0.05) is 37.3 Å². The Morgan fingerprint density at radius 3 is 2.12 bits per heavy atom. The summed E-state index contributed by atoms with van der Waals surface area (Å²) < 4.78 is 16.4. The van der Waals surface area contributed by atoms with Crippen LogP contribution < -0.4 is 14.2 Å². The number of ether oxygens (including phenoxy) is 3. The van der Waals surface area contributed by atoms with Gasteiger partial charge in [0.05, 0.1) is 21.3 Å². The number of hydrogen-bond donors (Lipinski definition) is 0. The maximum absolute atomic E-state index is 5.50. The molecule has 0 bridgehead atoms. The minimum absolute atomic E-state index is 0.589. The van der Waals surface area contributed by atoms with Gasteiger partial charge in [-0.2, -0.15) is 0 Å². The van der Waals surface area contributed by atoms with Gasteiger partial charge in [0.1, 0.15) is 0 Å². The lowest BCUT2D eigenvalue weighted by Crippen LogP contribution is -2.00. The summed E-state index contributed by atoms with van der Waals surface area (Å²) in [6.07, 6.45) is 3.66. The Balaban J connectivity index is 1.75. The highest BCUT2D eigenvalue weighted by Crippen LogP contribution is 2.54. The van der Waals surface area contributed by atoms with E-state index in [1.807, 2.05) is 0 Å². The van der Waals surface area contributed by atoms with Gasteiger partial charge in [-0.3, -0.25) is 0 Å². The largest absolute Gasteiger partial charge is 0.493 e. The van der Waals surface area contributed by atoms with Crippen LogP contribution >= 0.6 is 0 Å². The predicted octanol–water partition coefficient (Wildman–Crippen LogP) is 5.40. The van der Waals surface area contributed by atoms with Crippen LogP contribution in [0.3, 0.4) is 0 Å². The lowest BCUT2D eigenvalue weighted by molar-refractivity contribution is 0.323. The molecular formula is C22H28O3. The van der Waals surface area contributed by atoms with Gasteiger partial charge in [0, 0.05) is 0 Å². The summed E-state index contributed by atoms with van der Waals surface area (Å²) in [6.45, 7) is 2.29.